The van der Waals surface area contributed by atoms with Crippen LogP contribution in [0.3, 0.4) is 0 Å². The van der Waals surface area contributed by atoms with Crippen molar-refractivity contribution in [2.45, 2.75) is 83.6 Å². The van der Waals surface area contributed by atoms with Crippen molar-refractivity contribution >= 4 is 5.84 Å². The van der Waals surface area contributed by atoms with Gasteiger partial charge in [0.25, 0.3) is 0 Å². The molecule has 2 N–H and O–H groups in total. The van der Waals surface area contributed by atoms with Gasteiger partial charge in [-0.2, -0.15) is 0 Å². The van der Waals surface area contributed by atoms with E-state index < -0.39 is 0 Å². The van der Waals surface area contributed by atoms with Crippen LogP contribution >= 0.6 is 0 Å². The van der Waals surface area contributed by atoms with E-state index in [0.29, 0.717) is 16.7 Å². The van der Waals surface area contributed by atoms with Gasteiger partial charge in [-0.3, -0.25) is 4.99 Å². The molecule has 2 unspecified atom stereocenters. The Labute approximate surface area is 123 Å². The summed E-state index contributed by atoms with van der Waals surface area (Å²) in [4.78, 5) is 5.24. The average molecular weight is 274 g/mol. The molecule has 5 aliphatic rings. The second kappa shape index (κ2) is 4.01. The van der Waals surface area contributed by atoms with Gasteiger partial charge in [-0.25, -0.2) is 0 Å². The minimum atomic E-state index is 0.218. The molecule has 0 saturated heterocycles. The molecule has 0 aromatic heterocycles. The first-order chi connectivity index (χ1) is 9.40. The standard InChI is InChI=1S/C18H30N2/c1-16-7-13-8-17(2,10-16)12-18(9-13,11-16)20-15(19)14-5-3-4-6-14/h13-14H,3-12H2,1-2H3,(H2,19,20). The van der Waals surface area contributed by atoms with Gasteiger partial charge in [0.1, 0.15) is 0 Å². The van der Waals surface area contributed by atoms with E-state index in [0.717, 1.165) is 11.8 Å². The zero-order valence-electron chi connectivity index (χ0n) is 13.3. The Morgan fingerprint density at radius 1 is 0.950 bits per heavy atom. The second-order valence-corrected chi connectivity index (χ2v) is 9.37. The summed E-state index contributed by atoms with van der Waals surface area (Å²) in [5, 5.41) is 0. The molecule has 0 radical (unpaired) electrons. The van der Waals surface area contributed by atoms with E-state index in [9.17, 15) is 0 Å². The number of hydrogen-bond acceptors (Lipinski definition) is 1. The number of amidine groups is 1. The molecule has 0 spiro atoms. The molecular formula is C18H30N2. The second-order valence-electron chi connectivity index (χ2n) is 9.37. The minimum absolute atomic E-state index is 0.218. The molecule has 0 aromatic carbocycles. The van der Waals surface area contributed by atoms with Crippen molar-refractivity contribution in [2.24, 2.45) is 33.4 Å². The van der Waals surface area contributed by atoms with Gasteiger partial charge in [0.2, 0.25) is 0 Å². The summed E-state index contributed by atoms with van der Waals surface area (Å²) in [5.74, 6) is 2.53. The lowest BCUT2D eigenvalue weighted by Crippen LogP contribution is -2.58. The Hall–Kier alpha value is -0.530. The highest BCUT2D eigenvalue weighted by atomic mass is 15.0. The Kier molecular flexibility index (Phi) is 2.64. The van der Waals surface area contributed by atoms with Crippen molar-refractivity contribution < 1.29 is 0 Å². The van der Waals surface area contributed by atoms with E-state index in [4.69, 9.17) is 10.7 Å². The van der Waals surface area contributed by atoms with Gasteiger partial charge in [0, 0.05) is 5.92 Å². The Morgan fingerprint density at radius 2 is 1.55 bits per heavy atom. The summed E-state index contributed by atoms with van der Waals surface area (Å²) in [6.45, 7) is 5.04. The van der Waals surface area contributed by atoms with Gasteiger partial charge in [-0.15, -0.1) is 0 Å². The largest absolute Gasteiger partial charge is 0.387 e. The molecule has 0 amide bonds. The maximum absolute atomic E-state index is 6.44. The summed E-state index contributed by atoms with van der Waals surface area (Å²) in [6, 6.07) is 0. The predicted molar refractivity (Wildman–Crippen MR) is 83.7 cm³/mol. The molecule has 5 saturated carbocycles. The van der Waals surface area contributed by atoms with Crippen LogP contribution in [0.25, 0.3) is 0 Å². The van der Waals surface area contributed by atoms with Crippen LogP contribution in [0.5, 0.6) is 0 Å². The lowest BCUT2D eigenvalue weighted by Gasteiger charge is -2.64. The number of hydrogen-bond donors (Lipinski definition) is 1. The highest BCUT2D eigenvalue weighted by Crippen LogP contribution is 2.67. The molecule has 20 heavy (non-hydrogen) atoms. The molecule has 0 heterocycles. The van der Waals surface area contributed by atoms with Crippen LogP contribution < -0.4 is 5.73 Å². The molecule has 2 nitrogen and oxygen atoms in total. The summed E-state index contributed by atoms with van der Waals surface area (Å²) in [5.41, 5.74) is 7.75. The average Bonchev–Trinajstić information content (AvgIpc) is 2.75. The van der Waals surface area contributed by atoms with Gasteiger partial charge >= 0.3 is 0 Å². The van der Waals surface area contributed by atoms with Crippen molar-refractivity contribution in [1.82, 2.24) is 0 Å². The number of nitrogens with two attached hydrogens (primary N) is 1. The quantitative estimate of drug-likeness (QED) is 0.592. The lowest BCUT2D eigenvalue weighted by atomic mass is 9.43. The van der Waals surface area contributed by atoms with Crippen molar-refractivity contribution in [3.05, 3.63) is 0 Å². The van der Waals surface area contributed by atoms with Crippen LogP contribution in [0.15, 0.2) is 4.99 Å². The number of rotatable bonds is 2. The van der Waals surface area contributed by atoms with E-state index in [1.165, 1.54) is 64.2 Å². The molecule has 4 bridgehead atoms. The Bertz CT molecular complexity index is 428. The van der Waals surface area contributed by atoms with Gasteiger partial charge < -0.3 is 5.73 Å². The monoisotopic (exact) mass is 274 g/mol. The van der Waals surface area contributed by atoms with Crippen LogP contribution in [0.2, 0.25) is 0 Å². The van der Waals surface area contributed by atoms with Gasteiger partial charge in [0.05, 0.1) is 11.4 Å². The van der Waals surface area contributed by atoms with E-state index in [2.05, 4.69) is 13.8 Å². The Morgan fingerprint density at radius 3 is 2.10 bits per heavy atom. The van der Waals surface area contributed by atoms with Crippen LogP contribution in [-0.2, 0) is 0 Å². The molecule has 2 atom stereocenters. The minimum Gasteiger partial charge on any atom is -0.387 e. The summed E-state index contributed by atoms with van der Waals surface area (Å²) >= 11 is 0. The van der Waals surface area contributed by atoms with E-state index in [1.807, 2.05) is 0 Å². The molecule has 0 aromatic rings. The van der Waals surface area contributed by atoms with Gasteiger partial charge in [-0.1, -0.05) is 26.7 Å². The Balaban J connectivity index is 1.65. The van der Waals surface area contributed by atoms with Crippen LogP contribution in [0.4, 0.5) is 0 Å². The van der Waals surface area contributed by atoms with E-state index in [-0.39, 0.29) is 5.54 Å². The molecule has 5 rings (SSSR count). The number of aliphatic imine (C=N–C) groups is 1. The first-order valence-electron chi connectivity index (χ1n) is 8.75. The highest BCUT2D eigenvalue weighted by Gasteiger charge is 2.60. The first kappa shape index (κ1) is 13.2. The zero-order chi connectivity index (χ0) is 14.0. The summed E-state index contributed by atoms with van der Waals surface area (Å²) in [7, 11) is 0. The topological polar surface area (TPSA) is 38.4 Å². The third-order valence-corrected chi connectivity index (χ3v) is 6.74. The van der Waals surface area contributed by atoms with Gasteiger partial charge in [-0.05, 0) is 68.1 Å². The lowest BCUT2D eigenvalue weighted by molar-refractivity contribution is -0.104. The molecular weight excluding hydrogens is 244 g/mol. The maximum Gasteiger partial charge on any atom is 0.0975 e. The molecule has 112 valence electrons. The van der Waals surface area contributed by atoms with Gasteiger partial charge in [0.15, 0.2) is 0 Å². The van der Waals surface area contributed by atoms with Crippen molar-refractivity contribution in [3.63, 3.8) is 0 Å². The zero-order valence-corrected chi connectivity index (χ0v) is 13.3. The molecule has 0 aliphatic heterocycles. The molecule has 2 heteroatoms. The first-order valence-corrected chi connectivity index (χ1v) is 8.75. The molecule has 5 fully saturated rings. The van der Waals surface area contributed by atoms with Crippen molar-refractivity contribution in [3.8, 4) is 0 Å². The fourth-order valence-corrected chi connectivity index (χ4v) is 7.10. The van der Waals surface area contributed by atoms with Crippen LogP contribution in [-0.4, -0.2) is 11.4 Å². The SMILES string of the molecule is CC12CC3CC(C)(C1)CC(N=C(N)C1CCCC1)(C3)C2. The maximum atomic E-state index is 6.44. The fraction of sp³-hybridized carbons (Fsp3) is 0.944. The van der Waals surface area contributed by atoms with Crippen LogP contribution in [0.1, 0.15) is 78.1 Å². The van der Waals surface area contributed by atoms with Crippen LogP contribution in [0, 0.1) is 22.7 Å². The smallest absolute Gasteiger partial charge is 0.0975 e. The molecule has 5 aliphatic carbocycles. The van der Waals surface area contributed by atoms with Crippen molar-refractivity contribution in [1.29, 1.82) is 0 Å². The highest BCUT2D eigenvalue weighted by molar-refractivity contribution is 5.83. The summed E-state index contributed by atoms with van der Waals surface area (Å²) in [6.07, 6.45) is 13.5. The fourth-order valence-electron chi connectivity index (χ4n) is 7.10. The third kappa shape index (κ3) is 2.02. The van der Waals surface area contributed by atoms with E-state index in [1.54, 1.807) is 0 Å². The van der Waals surface area contributed by atoms with Crippen molar-refractivity contribution in [2.75, 3.05) is 0 Å². The summed E-state index contributed by atoms with van der Waals surface area (Å²) < 4.78 is 0. The normalized spacial score (nSPS) is 51.9. The van der Waals surface area contributed by atoms with E-state index >= 15 is 0 Å². The predicted octanol–water partition coefficient (Wildman–Crippen LogP) is 4.28. The number of nitrogens with zero attached hydrogens (tertiary/aromatic N) is 1. The third-order valence-electron chi connectivity index (χ3n) is 6.74.